The number of sulfonamides is 1. The van der Waals surface area contributed by atoms with Crippen LogP contribution in [0.5, 0.6) is 0 Å². The third kappa shape index (κ3) is 12.4. The minimum Gasteiger partial charge on any atom is -0.480 e. The summed E-state index contributed by atoms with van der Waals surface area (Å²) in [6.07, 6.45) is 6.84. The highest BCUT2D eigenvalue weighted by molar-refractivity contribution is 7.99. The van der Waals surface area contributed by atoms with Crippen molar-refractivity contribution in [2.75, 3.05) is 24.4 Å². The number of aliphatic carboxylic acids is 1. The fraction of sp³-hybridized carbons (Fsp3) is 0.357. The Kier molecular flexibility index (Phi) is 12.8. The van der Waals surface area contributed by atoms with Crippen LogP contribution in [0, 0.1) is 0 Å². The molecule has 0 radical (unpaired) electrons. The minimum atomic E-state index is -3.57. The van der Waals surface area contributed by atoms with E-state index in [2.05, 4.69) is 10.8 Å². The van der Waals surface area contributed by atoms with E-state index < -0.39 is 22.0 Å². The van der Waals surface area contributed by atoms with Crippen LogP contribution in [0.3, 0.4) is 0 Å². The van der Waals surface area contributed by atoms with Gasteiger partial charge in [0.05, 0.1) is 19.5 Å². The molecule has 0 aromatic heterocycles. The van der Waals surface area contributed by atoms with Crippen molar-refractivity contribution in [1.29, 1.82) is 0 Å². The maximum atomic E-state index is 12.6. The molecule has 0 aliphatic rings. The number of thioether (sulfide) groups is 1. The molecule has 0 fully saturated rings. The summed E-state index contributed by atoms with van der Waals surface area (Å²) in [6, 6.07) is 15.6. The van der Waals surface area contributed by atoms with Crippen LogP contribution in [-0.2, 0) is 26.2 Å². The number of allylic oxidation sites excluding steroid dienone is 2. The van der Waals surface area contributed by atoms with Gasteiger partial charge < -0.3 is 9.84 Å². The molecule has 2 rings (SSSR count). The maximum absolute atomic E-state index is 12.6. The topological polar surface area (TPSA) is 110 Å². The quantitative estimate of drug-likeness (QED) is 0.175. The van der Waals surface area contributed by atoms with Gasteiger partial charge in [-0.2, -0.15) is 11.8 Å². The smallest absolute Gasteiger partial charge is 0.322 e. The monoisotopic (exact) mass is 548 g/mol. The van der Waals surface area contributed by atoms with E-state index in [0.29, 0.717) is 30.1 Å². The zero-order valence-corrected chi connectivity index (χ0v) is 23.1. The van der Waals surface area contributed by atoms with Crippen LogP contribution >= 0.6 is 11.8 Å². The van der Waals surface area contributed by atoms with E-state index in [1.807, 2.05) is 74.5 Å². The number of ether oxygens (including phenoxy) is 1. The lowest BCUT2D eigenvalue weighted by Crippen LogP contribution is -2.42. The van der Waals surface area contributed by atoms with Gasteiger partial charge in [0, 0.05) is 22.6 Å². The summed E-state index contributed by atoms with van der Waals surface area (Å²) in [7, 11) is -3.57. The third-order valence-corrected chi connectivity index (χ3v) is 7.03. The molecule has 2 aromatic rings. The van der Waals surface area contributed by atoms with Crippen molar-refractivity contribution >= 4 is 33.5 Å². The normalized spacial score (nSPS) is 13.4. The summed E-state index contributed by atoms with van der Waals surface area (Å²) in [5, 5.41) is 9.13. The number of carbonyl (C=O) groups excluding carboxylic acids is 1. The summed E-state index contributed by atoms with van der Waals surface area (Å²) >= 11 is 1.37. The summed E-state index contributed by atoms with van der Waals surface area (Å²) in [6.45, 7) is 4.96. The van der Waals surface area contributed by atoms with E-state index in [-0.39, 0.29) is 11.5 Å². The lowest BCUT2D eigenvalue weighted by Gasteiger charge is -2.11. The van der Waals surface area contributed by atoms with Crippen molar-refractivity contribution < 1.29 is 27.9 Å². The van der Waals surface area contributed by atoms with Crippen molar-refractivity contribution in [3.05, 3.63) is 94.6 Å². The van der Waals surface area contributed by atoms with Crippen molar-refractivity contribution in [3.63, 3.8) is 0 Å². The molecule has 200 valence electrons. The van der Waals surface area contributed by atoms with E-state index >= 15 is 0 Å². The fourth-order valence-corrected chi connectivity index (χ4v) is 5.20. The Hall–Kier alpha value is -2.72. The second kappa shape index (κ2) is 15.5. The molecule has 0 saturated heterocycles. The molecule has 0 aliphatic heterocycles. The Balaban J connectivity index is 1.71. The fourth-order valence-electron chi connectivity index (χ4n) is 3.40. The van der Waals surface area contributed by atoms with E-state index in [4.69, 9.17) is 9.84 Å². The second-order valence-corrected chi connectivity index (χ2v) is 11.7. The third-order valence-electron chi connectivity index (χ3n) is 5.34. The van der Waals surface area contributed by atoms with Crippen LogP contribution in [-0.4, -0.2) is 55.7 Å². The van der Waals surface area contributed by atoms with E-state index in [0.717, 1.165) is 30.2 Å². The molecule has 7 nitrogen and oxygen atoms in total. The Labute approximate surface area is 224 Å². The molecule has 2 N–H and O–H groups in total. The van der Waals surface area contributed by atoms with Crippen molar-refractivity contribution in [2.24, 2.45) is 0 Å². The highest BCUT2D eigenvalue weighted by Crippen LogP contribution is 2.14. The first-order valence-corrected chi connectivity index (χ1v) is 15.0. The lowest BCUT2D eigenvalue weighted by atomic mass is 10.0. The number of carboxylic acids is 1. The lowest BCUT2D eigenvalue weighted by molar-refractivity contribution is -0.138. The van der Waals surface area contributed by atoms with E-state index in [1.54, 1.807) is 0 Å². The molecular weight excluding hydrogens is 513 g/mol. The van der Waals surface area contributed by atoms with Gasteiger partial charge in [-0.25, -0.2) is 13.1 Å². The van der Waals surface area contributed by atoms with Gasteiger partial charge in [-0.1, -0.05) is 71.8 Å². The molecule has 0 saturated carbocycles. The van der Waals surface area contributed by atoms with Crippen LogP contribution < -0.4 is 4.72 Å². The zero-order valence-electron chi connectivity index (χ0n) is 21.5. The Morgan fingerprint density at radius 3 is 2.41 bits per heavy atom. The molecule has 0 heterocycles. The average molecular weight is 549 g/mol. The summed E-state index contributed by atoms with van der Waals surface area (Å²) < 4.78 is 30.5. The van der Waals surface area contributed by atoms with Gasteiger partial charge >= 0.3 is 5.97 Å². The van der Waals surface area contributed by atoms with Crippen molar-refractivity contribution in [2.45, 2.75) is 39.3 Å². The number of benzene rings is 2. The van der Waals surface area contributed by atoms with Crippen molar-refractivity contribution in [1.82, 2.24) is 4.72 Å². The van der Waals surface area contributed by atoms with Gasteiger partial charge in [0.25, 0.3) is 0 Å². The predicted octanol–water partition coefficient (Wildman–Crippen LogP) is 4.84. The zero-order chi connectivity index (χ0) is 27.3. The SMILES string of the molecule is C/C(=C\CSC[C@H](N[35S](C)(=O)=O)C(=O)O)CC/C=C(\C)COCc1cccc(C(=O)c2ccccc2)c1. The molecule has 0 unspecified atom stereocenters. The van der Waals surface area contributed by atoms with Crippen LogP contribution in [0.15, 0.2) is 77.9 Å². The first kappa shape index (κ1) is 30.5. The largest absolute Gasteiger partial charge is 0.480 e. The number of carbonyl (C=O) groups is 2. The summed E-state index contributed by atoms with van der Waals surface area (Å²) in [4.78, 5) is 23.8. The van der Waals surface area contributed by atoms with E-state index in [9.17, 15) is 18.0 Å². The van der Waals surface area contributed by atoms with Gasteiger partial charge in [0.15, 0.2) is 5.78 Å². The number of hydrogen-bond donors (Lipinski definition) is 2. The van der Waals surface area contributed by atoms with Crippen LogP contribution in [0.4, 0.5) is 0 Å². The van der Waals surface area contributed by atoms with Gasteiger partial charge in [0.2, 0.25) is 10.0 Å². The Bertz CT molecular complexity index is 1210. The molecule has 9 heteroatoms. The highest BCUT2D eigenvalue weighted by Gasteiger charge is 2.20. The van der Waals surface area contributed by atoms with Crippen LogP contribution in [0.25, 0.3) is 0 Å². The van der Waals surface area contributed by atoms with Crippen LogP contribution in [0.2, 0.25) is 0 Å². The molecule has 0 spiro atoms. The number of nitrogens with one attached hydrogen (secondary N) is 1. The number of hydrogen-bond acceptors (Lipinski definition) is 6. The van der Waals surface area contributed by atoms with Crippen molar-refractivity contribution in [3.8, 4) is 0 Å². The molecule has 0 aliphatic carbocycles. The molecular formula is C28H35NO6S2. The minimum absolute atomic E-state index is 0.00683. The average Bonchev–Trinajstić information content (AvgIpc) is 2.85. The first-order valence-electron chi connectivity index (χ1n) is 11.9. The molecule has 1 atom stereocenters. The highest BCUT2D eigenvalue weighted by atomic mass is 35.1. The number of rotatable bonds is 16. The Morgan fingerprint density at radius 2 is 1.73 bits per heavy atom. The molecule has 0 bridgehead atoms. The van der Waals surface area contributed by atoms with Gasteiger partial charge in [-0.05, 0) is 38.3 Å². The molecule has 0 amide bonds. The predicted molar refractivity (Wildman–Crippen MR) is 149 cm³/mol. The second-order valence-electron chi connectivity index (χ2n) is 8.85. The first-order chi connectivity index (χ1) is 17.5. The summed E-state index contributed by atoms with van der Waals surface area (Å²) in [5.74, 6) is -0.424. The van der Waals surface area contributed by atoms with Gasteiger partial charge in [0.1, 0.15) is 6.04 Å². The molecule has 37 heavy (non-hydrogen) atoms. The van der Waals surface area contributed by atoms with Gasteiger partial charge in [-0.15, -0.1) is 0 Å². The Morgan fingerprint density at radius 1 is 1.03 bits per heavy atom. The summed E-state index contributed by atoms with van der Waals surface area (Å²) in [5.41, 5.74) is 4.55. The van der Waals surface area contributed by atoms with Gasteiger partial charge in [-0.3, -0.25) is 9.59 Å². The molecule has 2 aromatic carbocycles. The van der Waals surface area contributed by atoms with Crippen LogP contribution in [0.1, 0.15) is 48.2 Å². The number of carboxylic acid groups (broad SMARTS) is 1. The maximum Gasteiger partial charge on any atom is 0.322 e. The standard InChI is InChI=1S/C28H35NO6S2/c1-21(15-16-36-20-26(28(31)32)29-37(3,33)34)9-7-10-22(2)18-35-19-23-11-8-14-25(17-23)27(30)24-12-5-4-6-13-24/h4-6,8,10-15,17,26,29H,7,9,16,18-20H2,1-3H3,(H,31,32)/b21-15+,22-10+/t26-/m0/s1/i37+3. The van der Waals surface area contributed by atoms with E-state index in [1.165, 1.54) is 17.3 Å². The number of ketones is 1.